The molecule has 1 heterocycles. The SMILES string of the molecule is CCOc1ccc(Cl)c(/C(O)=C2\C(=O)C(=O)N(c3ccc(C)c(C)c3)C2c2ccc(O)c(Cl)c2)c1. The zero-order chi connectivity index (χ0) is 25.4. The number of nitrogens with zero attached hydrogens (tertiary/aromatic N) is 1. The van der Waals surface area contributed by atoms with Crippen molar-refractivity contribution in [2.24, 2.45) is 0 Å². The second kappa shape index (κ2) is 9.64. The third kappa shape index (κ3) is 4.47. The Bertz CT molecular complexity index is 1380. The lowest BCUT2D eigenvalue weighted by molar-refractivity contribution is -0.132. The number of aliphatic hydroxyl groups is 1. The Morgan fingerprint density at radius 1 is 0.971 bits per heavy atom. The first-order valence-corrected chi connectivity index (χ1v) is 11.7. The fourth-order valence-corrected chi connectivity index (χ4v) is 4.47. The standard InChI is InChI=1S/C27H23Cl2NO5/c1-4-35-18-8-9-20(28)19(13-18)25(32)23-24(16-6-10-22(31)21(29)12-16)30(27(34)26(23)33)17-7-5-14(2)15(3)11-17/h5-13,24,31-32H,4H2,1-3H3/b25-23+. The van der Waals surface area contributed by atoms with Gasteiger partial charge in [-0.3, -0.25) is 14.5 Å². The minimum Gasteiger partial charge on any atom is -0.507 e. The number of hydrogen-bond donors (Lipinski definition) is 2. The van der Waals surface area contributed by atoms with Crippen LogP contribution < -0.4 is 9.64 Å². The maximum absolute atomic E-state index is 13.3. The number of ether oxygens (including phenoxy) is 1. The lowest BCUT2D eigenvalue weighted by Gasteiger charge is -2.26. The van der Waals surface area contributed by atoms with E-state index >= 15 is 0 Å². The molecule has 8 heteroatoms. The van der Waals surface area contributed by atoms with Gasteiger partial charge in [0.2, 0.25) is 0 Å². The van der Waals surface area contributed by atoms with E-state index in [-0.39, 0.29) is 26.9 Å². The Kier molecular flexibility index (Phi) is 6.79. The summed E-state index contributed by atoms with van der Waals surface area (Å²) >= 11 is 12.5. The molecule has 1 aliphatic heterocycles. The number of anilines is 1. The van der Waals surface area contributed by atoms with Crippen molar-refractivity contribution >= 4 is 46.3 Å². The van der Waals surface area contributed by atoms with E-state index in [4.69, 9.17) is 27.9 Å². The molecule has 3 aromatic rings. The van der Waals surface area contributed by atoms with Crippen molar-refractivity contribution in [2.75, 3.05) is 11.5 Å². The molecule has 0 aromatic heterocycles. The van der Waals surface area contributed by atoms with Gasteiger partial charge in [0.15, 0.2) is 0 Å². The molecule has 0 spiro atoms. The molecule has 35 heavy (non-hydrogen) atoms. The van der Waals surface area contributed by atoms with Crippen molar-refractivity contribution in [3.8, 4) is 11.5 Å². The van der Waals surface area contributed by atoms with E-state index in [1.807, 2.05) is 26.8 Å². The topological polar surface area (TPSA) is 87.1 Å². The number of benzene rings is 3. The Hall–Kier alpha value is -3.48. The van der Waals surface area contributed by atoms with Gasteiger partial charge in [0.1, 0.15) is 17.3 Å². The normalized spacial score (nSPS) is 17.2. The van der Waals surface area contributed by atoms with Crippen LogP contribution in [0.3, 0.4) is 0 Å². The molecule has 1 amide bonds. The minimum atomic E-state index is -1.01. The van der Waals surface area contributed by atoms with Crippen LogP contribution in [-0.4, -0.2) is 28.5 Å². The maximum Gasteiger partial charge on any atom is 0.300 e. The molecule has 1 aliphatic rings. The molecular weight excluding hydrogens is 489 g/mol. The molecule has 180 valence electrons. The highest BCUT2D eigenvalue weighted by molar-refractivity contribution is 6.52. The summed E-state index contributed by atoms with van der Waals surface area (Å²) in [6.07, 6.45) is 0. The second-order valence-corrected chi connectivity index (χ2v) is 9.04. The average Bonchev–Trinajstić information content (AvgIpc) is 3.09. The third-order valence-electron chi connectivity index (χ3n) is 6.00. The third-order valence-corrected chi connectivity index (χ3v) is 6.64. The second-order valence-electron chi connectivity index (χ2n) is 8.22. The Balaban J connectivity index is 1.98. The zero-order valence-electron chi connectivity index (χ0n) is 19.3. The summed E-state index contributed by atoms with van der Waals surface area (Å²) in [4.78, 5) is 28.0. The van der Waals surface area contributed by atoms with Crippen molar-refractivity contribution < 1.29 is 24.5 Å². The average molecular weight is 512 g/mol. The van der Waals surface area contributed by atoms with Crippen molar-refractivity contribution in [2.45, 2.75) is 26.8 Å². The number of aromatic hydroxyl groups is 1. The molecule has 0 aliphatic carbocycles. The summed E-state index contributed by atoms with van der Waals surface area (Å²) in [5.41, 5.74) is 2.88. The molecule has 0 radical (unpaired) electrons. The molecular formula is C27H23Cl2NO5. The fraction of sp³-hybridized carbons (Fsp3) is 0.185. The Morgan fingerprint density at radius 3 is 2.37 bits per heavy atom. The van der Waals surface area contributed by atoms with Gasteiger partial charge < -0.3 is 14.9 Å². The number of amides is 1. The van der Waals surface area contributed by atoms with E-state index in [1.54, 1.807) is 30.3 Å². The number of rotatable bonds is 5. The fourth-order valence-electron chi connectivity index (χ4n) is 4.07. The number of ketones is 1. The van der Waals surface area contributed by atoms with Crippen LogP contribution in [0.15, 0.2) is 60.2 Å². The quantitative estimate of drug-likeness (QED) is 0.237. The van der Waals surface area contributed by atoms with Gasteiger partial charge in [0.05, 0.1) is 28.3 Å². The number of phenolic OH excluding ortho intramolecular Hbond substituents is 1. The maximum atomic E-state index is 13.3. The smallest absolute Gasteiger partial charge is 0.300 e. The monoisotopic (exact) mass is 511 g/mol. The van der Waals surface area contributed by atoms with E-state index in [0.29, 0.717) is 23.6 Å². The highest BCUT2D eigenvalue weighted by atomic mass is 35.5. The van der Waals surface area contributed by atoms with Crippen LogP contribution in [0.4, 0.5) is 5.69 Å². The van der Waals surface area contributed by atoms with Crippen LogP contribution in [-0.2, 0) is 9.59 Å². The molecule has 1 unspecified atom stereocenters. The number of carbonyl (C=O) groups is 2. The molecule has 6 nitrogen and oxygen atoms in total. The number of aliphatic hydroxyl groups excluding tert-OH is 1. The summed E-state index contributed by atoms with van der Waals surface area (Å²) in [5.74, 6) is -1.80. The highest BCUT2D eigenvalue weighted by Crippen LogP contribution is 2.44. The predicted octanol–water partition coefficient (Wildman–Crippen LogP) is 6.34. The number of hydrogen-bond acceptors (Lipinski definition) is 5. The van der Waals surface area contributed by atoms with E-state index in [0.717, 1.165) is 11.1 Å². The first kappa shape index (κ1) is 24.6. The number of halogens is 2. The molecule has 1 atom stereocenters. The summed E-state index contributed by atoms with van der Waals surface area (Å²) < 4.78 is 5.52. The van der Waals surface area contributed by atoms with Gasteiger partial charge >= 0.3 is 0 Å². The van der Waals surface area contributed by atoms with Crippen LogP contribution in [0.2, 0.25) is 10.0 Å². The van der Waals surface area contributed by atoms with Crippen LogP contribution in [0.25, 0.3) is 5.76 Å². The number of carbonyl (C=O) groups excluding carboxylic acids is 2. The minimum absolute atomic E-state index is 0.0459. The largest absolute Gasteiger partial charge is 0.507 e. The summed E-state index contributed by atoms with van der Waals surface area (Å²) in [5, 5.41) is 21.5. The lowest BCUT2D eigenvalue weighted by atomic mass is 9.94. The number of phenols is 1. The summed E-state index contributed by atoms with van der Waals surface area (Å²) in [6, 6.07) is 13.5. The number of aryl methyl sites for hydroxylation is 2. The van der Waals surface area contributed by atoms with Gasteiger partial charge in [0, 0.05) is 11.3 Å². The van der Waals surface area contributed by atoms with Crippen molar-refractivity contribution in [3.63, 3.8) is 0 Å². The predicted molar refractivity (Wildman–Crippen MR) is 136 cm³/mol. The zero-order valence-corrected chi connectivity index (χ0v) is 20.8. The van der Waals surface area contributed by atoms with Crippen LogP contribution >= 0.6 is 23.2 Å². The summed E-state index contributed by atoms with van der Waals surface area (Å²) in [7, 11) is 0. The molecule has 1 saturated heterocycles. The molecule has 0 bridgehead atoms. The van der Waals surface area contributed by atoms with Gasteiger partial charge in [-0.05, 0) is 79.9 Å². The van der Waals surface area contributed by atoms with Gasteiger partial charge in [-0.1, -0.05) is 35.3 Å². The van der Waals surface area contributed by atoms with Crippen molar-refractivity contribution in [1.82, 2.24) is 0 Å². The summed E-state index contributed by atoms with van der Waals surface area (Å²) in [6.45, 7) is 6.06. The highest BCUT2D eigenvalue weighted by Gasteiger charge is 2.47. The van der Waals surface area contributed by atoms with Crippen LogP contribution in [0, 0.1) is 13.8 Å². The van der Waals surface area contributed by atoms with Gasteiger partial charge in [-0.2, -0.15) is 0 Å². The van der Waals surface area contributed by atoms with E-state index < -0.39 is 23.5 Å². The van der Waals surface area contributed by atoms with Gasteiger partial charge in [-0.15, -0.1) is 0 Å². The van der Waals surface area contributed by atoms with Crippen LogP contribution in [0.1, 0.15) is 35.2 Å². The van der Waals surface area contributed by atoms with Crippen LogP contribution in [0.5, 0.6) is 11.5 Å². The molecule has 3 aromatic carbocycles. The molecule has 1 fully saturated rings. The van der Waals surface area contributed by atoms with Crippen molar-refractivity contribution in [3.05, 3.63) is 92.5 Å². The Morgan fingerprint density at radius 2 is 1.71 bits per heavy atom. The lowest BCUT2D eigenvalue weighted by Crippen LogP contribution is -2.29. The van der Waals surface area contributed by atoms with E-state index in [9.17, 15) is 19.8 Å². The first-order valence-electron chi connectivity index (χ1n) is 10.9. The van der Waals surface area contributed by atoms with Gasteiger partial charge in [-0.25, -0.2) is 0 Å². The Labute approximate surface area is 213 Å². The number of Topliss-reactive ketones (excluding diaryl/α,β-unsaturated/α-hetero) is 1. The first-order chi connectivity index (χ1) is 16.6. The van der Waals surface area contributed by atoms with E-state index in [2.05, 4.69) is 0 Å². The molecule has 0 saturated carbocycles. The van der Waals surface area contributed by atoms with Crippen molar-refractivity contribution in [1.29, 1.82) is 0 Å². The van der Waals surface area contributed by atoms with E-state index in [1.165, 1.54) is 23.1 Å². The molecule has 2 N–H and O–H groups in total. The molecule has 4 rings (SSSR count). The van der Waals surface area contributed by atoms with Gasteiger partial charge in [0.25, 0.3) is 11.7 Å².